The van der Waals surface area contributed by atoms with Gasteiger partial charge in [0, 0.05) is 68.4 Å². The summed E-state index contributed by atoms with van der Waals surface area (Å²) >= 11 is 0. The molecule has 3 aliphatic rings. The Morgan fingerprint density at radius 3 is 2.67 bits per heavy atom. The van der Waals surface area contributed by atoms with E-state index in [2.05, 4.69) is 42.1 Å². The number of hydrogen-bond acceptors (Lipinski definition) is 7. The lowest BCUT2D eigenvalue weighted by molar-refractivity contribution is -0.0570. The molecule has 0 bridgehead atoms. The van der Waals surface area contributed by atoms with Crippen LogP contribution in [-0.2, 0) is 16.7 Å². The molecule has 2 aliphatic heterocycles. The van der Waals surface area contributed by atoms with Crippen molar-refractivity contribution in [2.45, 2.75) is 57.0 Å². The van der Waals surface area contributed by atoms with Crippen molar-refractivity contribution < 1.29 is 9.53 Å². The Morgan fingerprint density at radius 1 is 1.25 bits per heavy atom. The molecule has 1 amide bonds. The second kappa shape index (κ2) is 11.8. The number of rotatable bonds is 10. The highest BCUT2D eigenvalue weighted by molar-refractivity contribution is 6.03. The monoisotopic (exact) mass is 545 g/mol. The Morgan fingerprint density at radius 2 is 2.02 bits per heavy atom. The highest BCUT2D eigenvalue weighted by atomic mass is 16.5. The Balaban J connectivity index is 1.34. The van der Waals surface area contributed by atoms with Crippen LogP contribution in [0.5, 0.6) is 0 Å². The zero-order valence-electron chi connectivity index (χ0n) is 24.2. The average molecular weight is 546 g/mol. The van der Waals surface area contributed by atoms with Crippen LogP contribution in [0.2, 0.25) is 0 Å². The summed E-state index contributed by atoms with van der Waals surface area (Å²) < 4.78 is 5.57. The molecule has 3 heterocycles. The molecule has 1 unspecified atom stereocenters. The van der Waals surface area contributed by atoms with Crippen molar-refractivity contribution in [2.24, 2.45) is 5.92 Å². The Kier molecular flexibility index (Phi) is 8.35. The second-order valence-corrected chi connectivity index (χ2v) is 12.3. The first kappa shape index (κ1) is 28.4. The van der Waals surface area contributed by atoms with Crippen LogP contribution in [0, 0.1) is 16.7 Å². The molecule has 1 saturated carbocycles. The summed E-state index contributed by atoms with van der Waals surface area (Å²) in [5, 5.41) is 18.9. The van der Waals surface area contributed by atoms with Gasteiger partial charge in [-0.25, -0.2) is 4.98 Å². The van der Waals surface area contributed by atoms with E-state index in [4.69, 9.17) is 20.5 Å². The van der Waals surface area contributed by atoms with Gasteiger partial charge in [-0.15, -0.1) is 0 Å². The van der Waals surface area contributed by atoms with Crippen molar-refractivity contribution in [3.05, 3.63) is 58.9 Å². The summed E-state index contributed by atoms with van der Waals surface area (Å²) in [5.41, 5.74) is 4.06. The molecule has 3 fully saturated rings. The number of likely N-dealkylation sites (N-methyl/N-ethyl adjacent to an activating group) is 1. The number of amidine groups is 1. The van der Waals surface area contributed by atoms with Crippen molar-refractivity contribution in [1.82, 2.24) is 19.7 Å². The third-order valence-corrected chi connectivity index (χ3v) is 8.64. The third kappa shape index (κ3) is 6.27. The predicted molar refractivity (Wildman–Crippen MR) is 159 cm³/mol. The minimum atomic E-state index is -0.331. The molecule has 0 radical (unpaired) electrons. The number of carbonyl (C=O) groups excluding carboxylic acids is 1. The lowest BCUT2D eigenvalue weighted by Gasteiger charge is -2.43. The van der Waals surface area contributed by atoms with Crippen LogP contribution in [0.25, 0.3) is 0 Å². The molecule has 3 N–H and O–H groups in total. The average Bonchev–Trinajstić information content (AvgIpc) is 3.77. The van der Waals surface area contributed by atoms with E-state index in [0.29, 0.717) is 54.7 Å². The fourth-order valence-corrected chi connectivity index (χ4v) is 5.83. The molecule has 1 aromatic heterocycles. The molecule has 2 saturated heterocycles. The van der Waals surface area contributed by atoms with Crippen molar-refractivity contribution >= 4 is 23.8 Å². The molecule has 40 heavy (non-hydrogen) atoms. The number of anilines is 1. The number of amides is 1. The van der Waals surface area contributed by atoms with Gasteiger partial charge in [0.25, 0.3) is 5.91 Å². The first-order chi connectivity index (χ1) is 19.2. The van der Waals surface area contributed by atoms with Gasteiger partial charge in [0.1, 0.15) is 11.5 Å². The molecule has 2 aromatic rings. The fraction of sp³-hybridized carbons (Fsp3) is 0.548. The van der Waals surface area contributed by atoms with Gasteiger partial charge in [-0.3, -0.25) is 20.5 Å². The van der Waals surface area contributed by atoms with Crippen LogP contribution in [0.15, 0.2) is 36.4 Å². The van der Waals surface area contributed by atoms with Gasteiger partial charge < -0.3 is 19.9 Å². The number of carbonyl (C=O) groups is 1. The minimum absolute atomic E-state index is 0.199. The number of nitrogens with one attached hydrogen (secondary N) is 3. The van der Waals surface area contributed by atoms with Crippen molar-refractivity contribution in [2.75, 3.05) is 52.3 Å². The molecule has 1 aliphatic carbocycles. The van der Waals surface area contributed by atoms with Crippen LogP contribution in [-0.4, -0.2) is 90.8 Å². The maximum absolute atomic E-state index is 13.5. The topological polar surface area (TPSA) is 109 Å². The first-order valence-corrected chi connectivity index (χ1v) is 14.4. The van der Waals surface area contributed by atoms with Crippen molar-refractivity contribution in [3.8, 4) is 0 Å². The summed E-state index contributed by atoms with van der Waals surface area (Å²) in [6.07, 6.45) is 3.88. The quantitative estimate of drug-likeness (QED) is 0.306. The van der Waals surface area contributed by atoms with Crippen LogP contribution in [0.4, 0.5) is 5.69 Å². The molecule has 9 heteroatoms. The largest absolute Gasteiger partial charge is 0.379 e. The Bertz CT molecular complexity index is 1250. The van der Waals surface area contributed by atoms with Crippen molar-refractivity contribution in [1.29, 1.82) is 10.8 Å². The minimum Gasteiger partial charge on any atom is -0.379 e. The van der Waals surface area contributed by atoms with E-state index in [0.717, 1.165) is 62.2 Å². The molecular formula is C31H43N7O2. The zero-order valence-corrected chi connectivity index (χ0v) is 24.2. The number of aromatic nitrogens is 1. The Hall–Kier alpha value is -3.14. The predicted octanol–water partition coefficient (Wildman–Crippen LogP) is 4.16. The fourth-order valence-electron chi connectivity index (χ4n) is 5.83. The summed E-state index contributed by atoms with van der Waals surface area (Å²) in [4.78, 5) is 24.8. The van der Waals surface area contributed by atoms with E-state index in [1.807, 2.05) is 30.3 Å². The van der Waals surface area contributed by atoms with Gasteiger partial charge in [0.05, 0.1) is 19.6 Å². The lowest BCUT2D eigenvalue weighted by Crippen LogP contribution is -2.53. The highest BCUT2D eigenvalue weighted by Crippen LogP contribution is 2.40. The molecule has 1 atom stereocenters. The summed E-state index contributed by atoms with van der Waals surface area (Å²) in [7, 11) is 3.91. The number of hydrogen-bond donors (Lipinski definition) is 3. The number of ether oxygens (including phenoxy) is 1. The molecule has 214 valence electrons. The molecule has 9 nitrogen and oxygen atoms in total. The molecule has 5 rings (SSSR count). The normalized spacial score (nSPS) is 21.1. The number of nitrogens with zero attached hydrogens (tertiary/aromatic N) is 4. The van der Waals surface area contributed by atoms with Crippen LogP contribution < -0.4 is 5.32 Å². The maximum Gasteiger partial charge on any atom is 0.274 e. The lowest BCUT2D eigenvalue weighted by atomic mass is 9.75. The zero-order chi connectivity index (χ0) is 28.4. The molecular weight excluding hydrogens is 502 g/mol. The SMILES string of the molecule is CC(C)C1CN(C)CCN1Cc1cc(C(=O)Nc2cccc(C3(CC(=N)N(C)C=N)COC3)c2)nc(C2CC2)c1. The van der Waals surface area contributed by atoms with Gasteiger partial charge >= 0.3 is 0 Å². The Labute approximate surface area is 237 Å². The van der Waals surface area contributed by atoms with E-state index < -0.39 is 0 Å². The summed E-state index contributed by atoms with van der Waals surface area (Å²) in [6, 6.07) is 12.5. The smallest absolute Gasteiger partial charge is 0.274 e. The second-order valence-electron chi connectivity index (χ2n) is 12.3. The summed E-state index contributed by atoms with van der Waals surface area (Å²) in [5.74, 6) is 1.17. The van der Waals surface area contributed by atoms with E-state index in [-0.39, 0.29) is 11.3 Å². The van der Waals surface area contributed by atoms with Crippen molar-refractivity contribution in [3.63, 3.8) is 0 Å². The van der Waals surface area contributed by atoms with Gasteiger partial charge in [-0.05, 0) is 61.2 Å². The van der Waals surface area contributed by atoms with Gasteiger partial charge in [-0.1, -0.05) is 26.0 Å². The van der Waals surface area contributed by atoms with E-state index in [9.17, 15) is 4.79 Å². The van der Waals surface area contributed by atoms with Gasteiger partial charge in [-0.2, -0.15) is 0 Å². The first-order valence-electron chi connectivity index (χ1n) is 14.4. The van der Waals surface area contributed by atoms with E-state index >= 15 is 0 Å². The highest BCUT2D eigenvalue weighted by Gasteiger charge is 2.42. The van der Waals surface area contributed by atoms with Crippen LogP contribution in [0.1, 0.15) is 66.3 Å². The van der Waals surface area contributed by atoms with E-state index in [1.54, 1.807) is 7.05 Å². The number of benzene rings is 1. The summed E-state index contributed by atoms with van der Waals surface area (Å²) in [6.45, 7) is 9.57. The van der Waals surface area contributed by atoms with Gasteiger partial charge in [0.15, 0.2) is 0 Å². The standard InChI is InChI=1S/C31H43N7O2/c1-21(2)28-17-36(3)10-11-38(28)16-22-12-26(23-8-9-23)35-27(13-22)30(39)34-25-7-5-6-24(14-25)31(18-40-19-31)15-29(33)37(4)20-32/h5-7,12-14,20-21,23,28,32-33H,8-11,15-19H2,1-4H3,(H,34,39). The van der Waals surface area contributed by atoms with Crippen LogP contribution >= 0.6 is 0 Å². The van der Waals surface area contributed by atoms with E-state index in [1.165, 1.54) is 4.90 Å². The van der Waals surface area contributed by atoms with Crippen LogP contribution in [0.3, 0.4) is 0 Å². The number of piperazine rings is 1. The maximum atomic E-state index is 13.5. The van der Waals surface area contributed by atoms with Gasteiger partial charge in [0.2, 0.25) is 0 Å². The molecule has 1 aromatic carbocycles. The number of pyridine rings is 1. The molecule has 0 spiro atoms. The third-order valence-electron chi connectivity index (χ3n) is 8.64.